The Bertz CT molecular complexity index is 943. The highest BCUT2D eigenvalue weighted by molar-refractivity contribution is 5.84. The van der Waals surface area contributed by atoms with Crippen molar-refractivity contribution >= 4 is 12.1 Å². The fourth-order valence-electron chi connectivity index (χ4n) is 2.63. The second-order valence-corrected chi connectivity index (χ2v) is 6.22. The van der Waals surface area contributed by atoms with Crippen LogP contribution in [0.3, 0.4) is 0 Å². The highest BCUT2D eigenvalue weighted by Gasteiger charge is 2.15. The second-order valence-electron chi connectivity index (χ2n) is 6.22. The average Bonchev–Trinajstić information content (AvgIpc) is 2.63. The molecular formula is C19H24N4O4. The Kier molecular flexibility index (Phi) is 7.10. The summed E-state index contributed by atoms with van der Waals surface area (Å²) >= 11 is 0. The van der Waals surface area contributed by atoms with Crippen molar-refractivity contribution in [1.29, 1.82) is 0 Å². The van der Waals surface area contributed by atoms with Crippen LogP contribution in [0.5, 0.6) is 5.88 Å². The molecule has 0 radical (unpaired) electrons. The number of nitrogens with zero attached hydrogens (tertiary/aromatic N) is 2. The van der Waals surface area contributed by atoms with Crippen LogP contribution in [0.25, 0.3) is 5.69 Å². The number of benzene rings is 1. The molecule has 1 heterocycles. The van der Waals surface area contributed by atoms with Gasteiger partial charge in [-0.25, -0.2) is 14.8 Å². The predicted octanol–water partition coefficient (Wildman–Crippen LogP) is 1.96. The first-order valence-corrected chi connectivity index (χ1v) is 8.92. The number of aromatic amines is 1. The van der Waals surface area contributed by atoms with Gasteiger partial charge in [0, 0.05) is 6.42 Å². The summed E-state index contributed by atoms with van der Waals surface area (Å²) in [5.41, 5.74) is 1.74. The Morgan fingerprint density at radius 3 is 2.70 bits per heavy atom. The van der Waals surface area contributed by atoms with E-state index in [9.17, 15) is 19.5 Å². The molecular weight excluding hydrogens is 348 g/mol. The molecule has 2 rings (SSSR count). The topological polar surface area (TPSA) is 117 Å². The number of hydrogen-bond donors (Lipinski definition) is 3. The van der Waals surface area contributed by atoms with E-state index >= 15 is 0 Å². The maximum absolute atomic E-state index is 12.2. The van der Waals surface area contributed by atoms with Crippen LogP contribution in [0, 0.1) is 6.92 Å². The average molecular weight is 372 g/mol. The minimum atomic E-state index is -0.789. The Balaban J connectivity index is 2.22. The monoisotopic (exact) mass is 372 g/mol. The third kappa shape index (κ3) is 5.16. The van der Waals surface area contributed by atoms with Gasteiger partial charge in [0.25, 0.3) is 5.56 Å². The van der Waals surface area contributed by atoms with Crippen LogP contribution in [-0.4, -0.2) is 26.8 Å². The van der Waals surface area contributed by atoms with Crippen molar-refractivity contribution in [3.05, 3.63) is 56.2 Å². The fraction of sp³-hybridized carbons (Fsp3) is 0.368. The number of rotatable bonds is 8. The molecule has 2 aromatic rings. The number of aromatic nitrogens is 2. The van der Waals surface area contributed by atoms with E-state index in [-0.39, 0.29) is 11.5 Å². The lowest BCUT2D eigenvalue weighted by molar-refractivity contribution is -0.121. The Morgan fingerprint density at radius 2 is 2.00 bits per heavy atom. The van der Waals surface area contributed by atoms with E-state index in [1.165, 1.54) is 0 Å². The van der Waals surface area contributed by atoms with Gasteiger partial charge < -0.3 is 5.11 Å². The summed E-state index contributed by atoms with van der Waals surface area (Å²) < 4.78 is 0.991. The normalized spacial score (nSPS) is 11.0. The summed E-state index contributed by atoms with van der Waals surface area (Å²) in [5.74, 6) is -0.815. The van der Waals surface area contributed by atoms with Crippen molar-refractivity contribution in [2.24, 2.45) is 5.10 Å². The van der Waals surface area contributed by atoms with E-state index in [2.05, 4.69) is 22.4 Å². The van der Waals surface area contributed by atoms with Gasteiger partial charge in [0.15, 0.2) is 0 Å². The quantitative estimate of drug-likeness (QED) is 0.373. The first-order valence-electron chi connectivity index (χ1n) is 8.92. The van der Waals surface area contributed by atoms with Gasteiger partial charge in [-0.15, -0.1) is 0 Å². The first-order chi connectivity index (χ1) is 13.0. The highest BCUT2D eigenvalue weighted by Crippen LogP contribution is 2.18. The van der Waals surface area contributed by atoms with E-state index in [1.807, 2.05) is 0 Å². The van der Waals surface area contributed by atoms with Crippen LogP contribution in [0.2, 0.25) is 0 Å². The molecule has 1 aromatic carbocycles. The predicted molar refractivity (Wildman–Crippen MR) is 104 cm³/mol. The molecule has 8 heteroatoms. The summed E-state index contributed by atoms with van der Waals surface area (Å²) in [4.78, 5) is 38.0. The number of hydrazone groups is 1. The number of aromatic hydroxyl groups is 1. The maximum atomic E-state index is 12.2. The van der Waals surface area contributed by atoms with Crippen molar-refractivity contribution in [3.8, 4) is 11.6 Å². The van der Waals surface area contributed by atoms with E-state index in [0.717, 1.165) is 42.0 Å². The standard InChI is InChI=1S/C19H24N4O4/c1-3-4-5-6-11-16(24)22-20-12-14-17(25)21-19(27)23(18(14)26)15-10-8-7-9-13(15)2/h7-10,12,26H,3-6,11H2,1-2H3,(H,22,24)(H,21,25,27)/b20-12+. The smallest absolute Gasteiger partial charge is 0.335 e. The minimum Gasteiger partial charge on any atom is -0.493 e. The summed E-state index contributed by atoms with van der Waals surface area (Å²) in [6.07, 6.45) is 5.25. The number of carbonyl (C=O) groups is 1. The molecule has 144 valence electrons. The van der Waals surface area contributed by atoms with Gasteiger partial charge in [0.2, 0.25) is 11.8 Å². The summed E-state index contributed by atoms with van der Waals surface area (Å²) in [6.45, 7) is 3.86. The zero-order valence-corrected chi connectivity index (χ0v) is 15.5. The van der Waals surface area contributed by atoms with Gasteiger partial charge in [-0.1, -0.05) is 44.4 Å². The molecule has 0 aliphatic carbocycles. The number of unbranched alkanes of at least 4 members (excludes halogenated alkanes) is 3. The van der Waals surface area contributed by atoms with Gasteiger partial charge in [-0.3, -0.25) is 14.6 Å². The molecule has 0 atom stereocenters. The third-order valence-corrected chi connectivity index (χ3v) is 4.12. The molecule has 0 fully saturated rings. The lowest BCUT2D eigenvalue weighted by atomic mass is 10.1. The van der Waals surface area contributed by atoms with Crippen molar-refractivity contribution in [2.45, 2.75) is 46.0 Å². The maximum Gasteiger partial charge on any atom is 0.335 e. The van der Waals surface area contributed by atoms with Gasteiger partial charge in [0.05, 0.1) is 11.9 Å². The zero-order chi connectivity index (χ0) is 19.8. The molecule has 8 nitrogen and oxygen atoms in total. The number of aryl methyl sites for hydroxylation is 1. The molecule has 1 amide bonds. The van der Waals surface area contributed by atoms with E-state index < -0.39 is 17.1 Å². The molecule has 0 saturated heterocycles. The Labute approximate surface area is 156 Å². The number of amides is 1. The van der Waals surface area contributed by atoms with Gasteiger partial charge in [-0.2, -0.15) is 5.10 Å². The van der Waals surface area contributed by atoms with Crippen molar-refractivity contribution < 1.29 is 9.90 Å². The van der Waals surface area contributed by atoms with E-state index in [4.69, 9.17) is 0 Å². The lowest BCUT2D eigenvalue weighted by Crippen LogP contribution is -2.32. The van der Waals surface area contributed by atoms with Crippen LogP contribution in [0.15, 0.2) is 39.0 Å². The lowest BCUT2D eigenvalue weighted by Gasteiger charge is -2.11. The van der Waals surface area contributed by atoms with Crippen LogP contribution in [-0.2, 0) is 4.79 Å². The molecule has 27 heavy (non-hydrogen) atoms. The highest BCUT2D eigenvalue weighted by atomic mass is 16.3. The molecule has 3 N–H and O–H groups in total. The van der Waals surface area contributed by atoms with Gasteiger partial charge in [0.1, 0.15) is 5.56 Å². The molecule has 0 aliphatic heterocycles. The number of H-pyrrole nitrogens is 1. The molecule has 0 aliphatic rings. The number of para-hydroxylation sites is 1. The van der Waals surface area contributed by atoms with Crippen LogP contribution >= 0.6 is 0 Å². The van der Waals surface area contributed by atoms with Gasteiger partial charge >= 0.3 is 5.69 Å². The van der Waals surface area contributed by atoms with Crippen molar-refractivity contribution in [3.63, 3.8) is 0 Å². The zero-order valence-electron chi connectivity index (χ0n) is 15.5. The largest absolute Gasteiger partial charge is 0.493 e. The molecule has 0 bridgehead atoms. The SMILES string of the molecule is CCCCCCC(=O)N/N=C/c1c(O)n(-c2ccccc2C)c(=O)[nH]c1=O. The second kappa shape index (κ2) is 9.51. The Hall–Kier alpha value is -3.16. The van der Waals surface area contributed by atoms with Crippen molar-refractivity contribution in [2.75, 3.05) is 0 Å². The van der Waals surface area contributed by atoms with Crippen LogP contribution < -0.4 is 16.7 Å². The molecule has 1 aromatic heterocycles. The summed E-state index contributed by atoms with van der Waals surface area (Å²) in [6, 6.07) is 6.93. The number of carbonyl (C=O) groups excluding carboxylic acids is 1. The molecule has 0 unspecified atom stereocenters. The molecule has 0 spiro atoms. The first kappa shape index (κ1) is 20.2. The van der Waals surface area contributed by atoms with Crippen LogP contribution in [0.1, 0.15) is 50.2 Å². The van der Waals surface area contributed by atoms with Gasteiger partial charge in [-0.05, 0) is 25.0 Å². The fourth-order valence-corrected chi connectivity index (χ4v) is 2.63. The minimum absolute atomic E-state index is 0.218. The van der Waals surface area contributed by atoms with E-state index in [1.54, 1.807) is 31.2 Å². The van der Waals surface area contributed by atoms with Crippen molar-refractivity contribution in [1.82, 2.24) is 15.0 Å². The summed E-state index contributed by atoms with van der Waals surface area (Å²) in [7, 11) is 0. The Morgan fingerprint density at radius 1 is 1.26 bits per heavy atom. The van der Waals surface area contributed by atoms with E-state index in [0.29, 0.717) is 12.1 Å². The van der Waals surface area contributed by atoms with Crippen LogP contribution in [0.4, 0.5) is 0 Å². The third-order valence-electron chi connectivity index (χ3n) is 4.12. The number of hydrogen-bond acceptors (Lipinski definition) is 5. The summed E-state index contributed by atoms with van der Waals surface area (Å²) in [5, 5.41) is 14.2. The molecule has 0 saturated carbocycles. The number of nitrogens with one attached hydrogen (secondary N) is 2.